The van der Waals surface area contributed by atoms with Crippen molar-refractivity contribution < 1.29 is 4.79 Å². The Kier molecular flexibility index (Phi) is 5.61. The lowest BCUT2D eigenvalue weighted by molar-refractivity contribution is 0.102. The number of thioether (sulfide) groups is 1. The number of nitrogens with zero attached hydrogens (tertiary/aromatic N) is 2. The number of aromatic nitrogens is 2. The highest BCUT2D eigenvalue weighted by atomic mass is 32.2. The van der Waals surface area contributed by atoms with Gasteiger partial charge in [-0.05, 0) is 12.5 Å². The third-order valence-corrected chi connectivity index (χ3v) is 5.41. The molecular weight excluding hydrogens is 338 g/mol. The normalized spacial score (nSPS) is 10.5. The molecular formula is C18H17N3OS2. The first-order valence-electron chi connectivity index (χ1n) is 7.55. The number of aryl methyl sites for hydroxylation is 1. The van der Waals surface area contributed by atoms with Crippen molar-refractivity contribution >= 4 is 34.0 Å². The van der Waals surface area contributed by atoms with E-state index in [4.69, 9.17) is 0 Å². The molecule has 0 aliphatic rings. The Morgan fingerprint density at radius 2 is 1.83 bits per heavy atom. The molecule has 1 heterocycles. The van der Waals surface area contributed by atoms with Gasteiger partial charge in [0.2, 0.25) is 5.13 Å². The smallest absolute Gasteiger partial charge is 0.206 e. The second-order valence-electron chi connectivity index (χ2n) is 5.29. The van der Waals surface area contributed by atoms with E-state index in [-0.39, 0.29) is 5.78 Å². The van der Waals surface area contributed by atoms with Gasteiger partial charge in [-0.15, -0.1) is 10.2 Å². The van der Waals surface area contributed by atoms with E-state index >= 15 is 0 Å². The van der Waals surface area contributed by atoms with Crippen molar-refractivity contribution in [1.29, 1.82) is 0 Å². The van der Waals surface area contributed by atoms with Crippen LogP contribution in [0.2, 0.25) is 0 Å². The Labute approximate surface area is 149 Å². The molecule has 0 amide bonds. The maximum absolute atomic E-state index is 12.2. The fraction of sp³-hybridized carbons (Fsp3) is 0.167. The van der Waals surface area contributed by atoms with Gasteiger partial charge in [0.25, 0.3) is 0 Å². The van der Waals surface area contributed by atoms with Gasteiger partial charge in [0, 0.05) is 12.1 Å². The minimum atomic E-state index is 0.106. The van der Waals surface area contributed by atoms with Gasteiger partial charge in [0.05, 0.1) is 5.75 Å². The van der Waals surface area contributed by atoms with Crippen molar-refractivity contribution in [3.05, 3.63) is 71.3 Å². The van der Waals surface area contributed by atoms with E-state index in [0.717, 1.165) is 20.6 Å². The zero-order valence-corrected chi connectivity index (χ0v) is 14.9. The molecule has 6 heteroatoms. The molecule has 122 valence electrons. The van der Waals surface area contributed by atoms with Gasteiger partial charge >= 0.3 is 0 Å². The molecule has 0 unspecified atom stereocenters. The molecule has 24 heavy (non-hydrogen) atoms. The fourth-order valence-electron chi connectivity index (χ4n) is 2.06. The Morgan fingerprint density at radius 1 is 1.08 bits per heavy atom. The summed E-state index contributed by atoms with van der Waals surface area (Å²) >= 11 is 2.89. The minimum absolute atomic E-state index is 0.106. The zero-order valence-electron chi connectivity index (χ0n) is 13.2. The van der Waals surface area contributed by atoms with Gasteiger partial charge in [-0.3, -0.25) is 4.79 Å². The van der Waals surface area contributed by atoms with E-state index in [1.165, 1.54) is 28.7 Å². The first-order valence-corrected chi connectivity index (χ1v) is 9.35. The van der Waals surface area contributed by atoms with Crippen LogP contribution in [0.5, 0.6) is 0 Å². The number of ketones is 1. The SMILES string of the molecule is Cc1ccc(C(=O)CSc2nnc(NCc3ccccc3)s2)cc1. The van der Waals surface area contributed by atoms with Gasteiger partial charge in [-0.25, -0.2) is 0 Å². The number of nitrogens with one attached hydrogen (secondary N) is 1. The fourth-order valence-corrected chi connectivity index (χ4v) is 3.71. The molecule has 0 saturated heterocycles. The average Bonchev–Trinajstić information content (AvgIpc) is 3.07. The Morgan fingerprint density at radius 3 is 2.58 bits per heavy atom. The summed E-state index contributed by atoms with van der Waals surface area (Å²) in [6.07, 6.45) is 0. The molecule has 2 aromatic carbocycles. The minimum Gasteiger partial charge on any atom is -0.356 e. The van der Waals surface area contributed by atoms with Crippen LogP contribution >= 0.6 is 23.1 Å². The molecule has 1 N–H and O–H groups in total. The molecule has 0 atom stereocenters. The first kappa shape index (κ1) is 16.7. The number of anilines is 1. The molecule has 1 aromatic heterocycles. The van der Waals surface area contributed by atoms with E-state index in [1.807, 2.05) is 49.4 Å². The monoisotopic (exact) mass is 355 g/mol. The summed E-state index contributed by atoms with van der Waals surface area (Å²) in [4.78, 5) is 12.2. The van der Waals surface area contributed by atoms with E-state index in [9.17, 15) is 4.79 Å². The van der Waals surface area contributed by atoms with Crippen LogP contribution < -0.4 is 5.32 Å². The number of carbonyl (C=O) groups is 1. The largest absolute Gasteiger partial charge is 0.356 e. The Hall–Kier alpha value is -2.18. The van der Waals surface area contributed by atoms with Crippen LogP contribution in [0.25, 0.3) is 0 Å². The summed E-state index contributed by atoms with van der Waals surface area (Å²) in [5.74, 6) is 0.477. The van der Waals surface area contributed by atoms with Crippen LogP contribution in [0.1, 0.15) is 21.5 Å². The molecule has 0 radical (unpaired) electrons. The van der Waals surface area contributed by atoms with Crippen molar-refractivity contribution in [3.63, 3.8) is 0 Å². The lowest BCUT2D eigenvalue weighted by Gasteiger charge is -2.01. The Bertz CT molecular complexity index is 801. The molecule has 3 aromatic rings. The third kappa shape index (κ3) is 4.66. The topological polar surface area (TPSA) is 54.9 Å². The lowest BCUT2D eigenvalue weighted by Crippen LogP contribution is -2.01. The van der Waals surface area contributed by atoms with E-state index in [2.05, 4.69) is 27.6 Å². The van der Waals surface area contributed by atoms with Crippen LogP contribution in [-0.2, 0) is 6.54 Å². The zero-order chi connectivity index (χ0) is 16.8. The van der Waals surface area contributed by atoms with Gasteiger partial charge < -0.3 is 5.32 Å². The molecule has 0 fully saturated rings. The summed E-state index contributed by atoms with van der Waals surface area (Å²) in [6, 6.07) is 17.8. The lowest BCUT2D eigenvalue weighted by atomic mass is 10.1. The van der Waals surface area contributed by atoms with Gasteiger partial charge in [0.1, 0.15) is 0 Å². The highest BCUT2D eigenvalue weighted by Gasteiger charge is 2.10. The van der Waals surface area contributed by atoms with Crippen LogP contribution in [0.4, 0.5) is 5.13 Å². The second kappa shape index (κ2) is 8.08. The molecule has 0 spiro atoms. The van der Waals surface area contributed by atoms with E-state index in [0.29, 0.717) is 12.3 Å². The van der Waals surface area contributed by atoms with Crippen molar-refractivity contribution in [2.24, 2.45) is 0 Å². The predicted octanol–water partition coefficient (Wildman–Crippen LogP) is 4.43. The number of rotatable bonds is 7. The standard InChI is InChI=1S/C18H17N3OS2/c1-13-7-9-15(10-8-13)16(22)12-23-18-21-20-17(24-18)19-11-14-5-3-2-4-6-14/h2-10H,11-12H2,1H3,(H,19,20). The van der Waals surface area contributed by atoms with E-state index in [1.54, 1.807) is 0 Å². The number of Topliss-reactive ketones (excluding diaryl/α,β-unsaturated/α-hetero) is 1. The molecule has 3 rings (SSSR count). The van der Waals surface area contributed by atoms with Crippen molar-refractivity contribution in [1.82, 2.24) is 10.2 Å². The highest BCUT2D eigenvalue weighted by molar-refractivity contribution is 8.01. The highest BCUT2D eigenvalue weighted by Crippen LogP contribution is 2.26. The summed E-state index contributed by atoms with van der Waals surface area (Å²) < 4.78 is 0.797. The van der Waals surface area contributed by atoms with Gasteiger partial charge in [-0.1, -0.05) is 83.3 Å². The number of benzene rings is 2. The quantitative estimate of drug-likeness (QED) is 0.502. The molecule has 0 aliphatic carbocycles. The summed E-state index contributed by atoms with van der Waals surface area (Å²) in [5.41, 5.74) is 3.08. The second-order valence-corrected chi connectivity index (χ2v) is 7.49. The van der Waals surface area contributed by atoms with Crippen LogP contribution in [0, 0.1) is 6.92 Å². The number of hydrogen-bond donors (Lipinski definition) is 1. The van der Waals surface area contributed by atoms with Crippen LogP contribution in [0.15, 0.2) is 58.9 Å². The van der Waals surface area contributed by atoms with Crippen molar-refractivity contribution in [3.8, 4) is 0 Å². The van der Waals surface area contributed by atoms with Crippen molar-refractivity contribution in [2.45, 2.75) is 17.8 Å². The van der Waals surface area contributed by atoms with Gasteiger partial charge in [-0.2, -0.15) is 0 Å². The summed E-state index contributed by atoms with van der Waals surface area (Å²) in [6.45, 7) is 2.72. The molecule has 0 saturated carbocycles. The first-order chi connectivity index (χ1) is 11.7. The number of hydrogen-bond acceptors (Lipinski definition) is 6. The van der Waals surface area contributed by atoms with Crippen LogP contribution in [-0.4, -0.2) is 21.7 Å². The number of carbonyl (C=O) groups excluding carboxylic acids is 1. The van der Waals surface area contributed by atoms with Crippen molar-refractivity contribution in [2.75, 3.05) is 11.1 Å². The van der Waals surface area contributed by atoms with Gasteiger partial charge in [0.15, 0.2) is 10.1 Å². The predicted molar refractivity (Wildman–Crippen MR) is 99.9 cm³/mol. The molecule has 0 aliphatic heterocycles. The third-order valence-electron chi connectivity index (χ3n) is 3.39. The molecule has 0 bridgehead atoms. The summed E-state index contributed by atoms with van der Waals surface area (Å²) in [7, 11) is 0. The molecule has 4 nitrogen and oxygen atoms in total. The average molecular weight is 355 g/mol. The van der Waals surface area contributed by atoms with E-state index < -0.39 is 0 Å². The van der Waals surface area contributed by atoms with Crippen LogP contribution in [0.3, 0.4) is 0 Å². The maximum atomic E-state index is 12.2. The Balaban J connectivity index is 1.50. The maximum Gasteiger partial charge on any atom is 0.206 e. The summed E-state index contributed by atoms with van der Waals surface area (Å²) in [5, 5.41) is 12.3.